The van der Waals surface area contributed by atoms with E-state index in [1.807, 2.05) is 36.5 Å². The van der Waals surface area contributed by atoms with E-state index in [2.05, 4.69) is 25.3 Å². The average Bonchev–Trinajstić information content (AvgIpc) is 3.30. The van der Waals surface area contributed by atoms with Crippen molar-refractivity contribution in [2.75, 3.05) is 18.0 Å². The topological polar surface area (TPSA) is 96.2 Å². The fourth-order valence-electron chi connectivity index (χ4n) is 4.20. The molecule has 1 amide bonds. The van der Waals surface area contributed by atoms with E-state index >= 15 is 0 Å². The van der Waals surface area contributed by atoms with Gasteiger partial charge in [-0.1, -0.05) is 18.2 Å². The van der Waals surface area contributed by atoms with Gasteiger partial charge in [-0.3, -0.25) is 9.48 Å². The van der Waals surface area contributed by atoms with Crippen molar-refractivity contribution in [3.05, 3.63) is 48.5 Å². The van der Waals surface area contributed by atoms with Gasteiger partial charge in [-0.05, 0) is 25.3 Å². The average molecular weight is 392 g/mol. The maximum Gasteiger partial charge on any atom is 0.241 e. The van der Waals surface area contributed by atoms with Gasteiger partial charge in [0.1, 0.15) is 18.7 Å². The normalized spacial score (nSPS) is 23.9. The lowest BCUT2D eigenvalue weighted by Gasteiger charge is -2.35. The molecule has 8 heteroatoms. The van der Waals surface area contributed by atoms with Crippen LogP contribution in [0, 0.1) is 0 Å². The zero-order valence-electron chi connectivity index (χ0n) is 16.1. The van der Waals surface area contributed by atoms with Crippen LogP contribution < -0.4 is 10.2 Å². The zero-order valence-corrected chi connectivity index (χ0v) is 16.1. The number of nitrogens with one attached hydrogen (secondary N) is 1. The molecule has 2 aliphatic rings. The summed E-state index contributed by atoms with van der Waals surface area (Å²) in [6, 6.07) is 10.0. The highest BCUT2D eigenvalue weighted by atomic mass is 16.3. The summed E-state index contributed by atoms with van der Waals surface area (Å²) in [5, 5.41) is 18.3. The second-order valence-corrected chi connectivity index (χ2v) is 8.01. The van der Waals surface area contributed by atoms with Gasteiger partial charge in [0.25, 0.3) is 0 Å². The number of aliphatic hydroxyl groups is 1. The summed E-state index contributed by atoms with van der Waals surface area (Å²) >= 11 is 0. The molecule has 2 aromatic heterocycles. The van der Waals surface area contributed by atoms with Crippen LogP contribution in [0.2, 0.25) is 0 Å². The number of amides is 1. The van der Waals surface area contributed by atoms with Gasteiger partial charge >= 0.3 is 0 Å². The van der Waals surface area contributed by atoms with Gasteiger partial charge in [-0.15, -0.1) is 0 Å². The number of carbonyl (C=O) groups is 1. The van der Waals surface area contributed by atoms with Gasteiger partial charge in [0.15, 0.2) is 0 Å². The molecule has 0 radical (unpaired) electrons. The third kappa shape index (κ3) is 3.80. The quantitative estimate of drug-likeness (QED) is 0.682. The lowest BCUT2D eigenvalue weighted by Crippen LogP contribution is -2.44. The number of hydrogen-bond donors (Lipinski definition) is 2. The summed E-state index contributed by atoms with van der Waals surface area (Å²) < 4.78 is 1.69. The first kappa shape index (κ1) is 18.1. The maximum absolute atomic E-state index is 12.4. The monoisotopic (exact) mass is 392 g/mol. The molecule has 150 valence electrons. The standard InChI is InChI=1S/C21H24N6O2/c28-17-5-6-26(11-17)20-9-19(22-13-23-20)15-7-16(8-15)24-21(29)12-27-10-14-3-1-2-4-18(14)25-27/h1-4,9-10,13,15-17,28H,5-8,11-12H2,(H,24,29)/t15?,16?,17-/m0/s1. The van der Waals surface area contributed by atoms with Crippen molar-refractivity contribution >= 4 is 22.6 Å². The van der Waals surface area contributed by atoms with E-state index in [0.717, 1.165) is 48.2 Å². The lowest BCUT2D eigenvalue weighted by atomic mass is 9.78. The smallest absolute Gasteiger partial charge is 0.241 e. The molecule has 1 aromatic carbocycles. The number of aliphatic hydroxyl groups excluding tert-OH is 1. The Bertz CT molecular complexity index is 996. The molecule has 0 bridgehead atoms. The Morgan fingerprint density at radius 2 is 2.10 bits per heavy atom. The second kappa shape index (κ2) is 7.44. The number of benzene rings is 1. The summed E-state index contributed by atoms with van der Waals surface area (Å²) in [4.78, 5) is 23.2. The van der Waals surface area contributed by atoms with E-state index in [-0.39, 0.29) is 24.6 Å². The summed E-state index contributed by atoms with van der Waals surface area (Å²) in [5.74, 6) is 1.20. The number of β-amino-alcohol motifs (C(OH)–C–C–N with tert-alkyl or cyclic N) is 1. The number of nitrogens with zero attached hydrogens (tertiary/aromatic N) is 5. The molecule has 0 spiro atoms. The van der Waals surface area contributed by atoms with Crippen LogP contribution in [0.4, 0.5) is 5.82 Å². The minimum Gasteiger partial charge on any atom is -0.391 e. The molecule has 3 heterocycles. The van der Waals surface area contributed by atoms with Gasteiger partial charge in [-0.2, -0.15) is 5.10 Å². The number of hydrogen-bond acceptors (Lipinski definition) is 6. The molecule has 5 rings (SSSR count). The highest BCUT2D eigenvalue weighted by molar-refractivity contribution is 5.80. The van der Waals surface area contributed by atoms with E-state index in [0.29, 0.717) is 12.5 Å². The van der Waals surface area contributed by atoms with E-state index in [4.69, 9.17) is 0 Å². The predicted octanol–water partition coefficient (Wildman–Crippen LogP) is 1.46. The van der Waals surface area contributed by atoms with Gasteiger partial charge < -0.3 is 15.3 Å². The first-order chi connectivity index (χ1) is 14.1. The summed E-state index contributed by atoms with van der Waals surface area (Å²) in [7, 11) is 0. The summed E-state index contributed by atoms with van der Waals surface area (Å²) in [6.45, 7) is 1.68. The molecular weight excluding hydrogens is 368 g/mol. The van der Waals surface area contributed by atoms with E-state index in [9.17, 15) is 9.90 Å². The molecule has 1 saturated heterocycles. The Balaban J connectivity index is 1.14. The van der Waals surface area contributed by atoms with E-state index in [1.54, 1.807) is 11.0 Å². The highest BCUT2D eigenvalue weighted by Gasteiger charge is 2.33. The Hall–Kier alpha value is -3.00. The molecule has 1 saturated carbocycles. The van der Waals surface area contributed by atoms with E-state index in [1.165, 1.54) is 0 Å². The van der Waals surface area contributed by atoms with Crippen LogP contribution in [0.25, 0.3) is 10.9 Å². The molecule has 2 N–H and O–H groups in total. The fraction of sp³-hybridized carbons (Fsp3) is 0.429. The number of carbonyl (C=O) groups excluding carboxylic acids is 1. The molecule has 1 atom stereocenters. The van der Waals surface area contributed by atoms with Crippen LogP contribution in [0.15, 0.2) is 42.9 Å². The van der Waals surface area contributed by atoms with Crippen LogP contribution in [0.1, 0.15) is 30.9 Å². The van der Waals surface area contributed by atoms with Gasteiger partial charge in [0, 0.05) is 48.4 Å². The van der Waals surface area contributed by atoms with Gasteiger partial charge in [-0.25, -0.2) is 9.97 Å². The Kier molecular flexibility index (Phi) is 4.63. The van der Waals surface area contributed by atoms with Crippen LogP contribution >= 0.6 is 0 Å². The molecule has 2 fully saturated rings. The van der Waals surface area contributed by atoms with Crippen LogP contribution in [-0.4, -0.2) is 56.0 Å². The molecule has 0 unspecified atom stereocenters. The van der Waals surface area contributed by atoms with Crippen molar-refractivity contribution in [2.45, 2.75) is 43.9 Å². The lowest BCUT2D eigenvalue weighted by molar-refractivity contribution is -0.123. The first-order valence-electron chi connectivity index (χ1n) is 10.1. The predicted molar refractivity (Wildman–Crippen MR) is 109 cm³/mol. The van der Waals surface area contributed by atoms with Crippen LogP contribution in [0.5, 0.6) is 0 Å². The van der Waals surface area contributed by atoms with Crippen molar-refractivity contribution in [3.8, 4) is 0 Å². The third-order valence-electron chi connectivity index (χ3n) is 5.85. The Labute approximate surface area is 168 Å². The zero-order chi connectivity index (χ0) is 19.8. The molecule has 29 heavy (non-hydrogen) atoms. The van der Waals surface area contributed by atoms with Crippen molar-refractivity contribution in [2.24, 2.45) is 0 Å². The summed E-state index contributed by atoms with van der Waals surface area (Å²) in [6.07, 6.45) is 5.77. The number of fused-ring (bicyclic) bond motifs is 1. The Morgan fingerprint density at radius 3 is 2.90 bits per heavy atom. The van der Waals surface area contributed by atoms with Crippen molar-refractivity contribution in [1.29, 1.82) is 0 Å². The van der Waals surface area contributed by atoms with Crippen LogP contribution in [0.3, 0.4) is 0 Å². The summed E-state index contributed by atoms with van der Waals surface area (Å²) in [5.41, 5.74) is 1.91. The number of rotatable bonds is 5. The molecule has 8 nitrogen and oxygen atoms in total. The van der Waals surface area contributed by atoms with Gasteiger partial charge in [0.2, 0.25) is 5.91 Å². The largest absolute Gasteiger partial charge is 0.391 e. The third-order valence-corrected chi connectivity index (χ3v) is 5.85. The Morgan fingerprint density at radius 1 is 1.24 bits per heavy atom. The SMILES string of the molecule is O=C(Cn1cc2ccccc2n1)NC1CC(c2cc(N3CC[C@H](O)C3)ncn2)C1. The molecule has 1 aliphatic heterocycles. The fourth-order valence-corrected chi connectivity index (χ4v) is 4.20. The van der Waals surface area contributed by atoms with Crippen molar-refractivity contribution in [3.63, 3.8) is 0 Å². The highest BCUT2D eigenvalue weighted by Crippen LogP contribution is 2.36. The second-order valence-electron chi connectivity index (χ2n) is 8.01. The maximum atomic E-state index is 12.4. The van der Waals surface area contributed by atoms with E-state index < -0.39 is 0 Å². The minimum absolute atomic E-state index is 0.0179. The first-order valence-corrected chi connectivity index (χ1v) is 10.1. The minimum atomic E-state index is -0.274. The molecular formula is C21H24N6O2. The molecule has 1 aliphatic carbocycles. The van der Waals surface area contributed by atoms with Crippen molar-refractivity contribution < 1.29 is 9.90 Å². The van der Waals surface area contributed by atoms with Crippen LogP contribution in [-0.2, 0) is 11.3 Å². The van der Waals surface area contributed by atoms with Gasteiger partial charge in [0.05, 0.1) is 11.6 Å². The number of anilines is 1. The number of aromatic nitrogens is 4. The van der Waals surface area contributed by atoms with Crippen molar-refractivity contribution in [1.82, 2.24) is 25.1 Å². The molecule has 3 aromatic rings.